The van der Waals surface area contributed by atoms with Crippen molar-refractivity contribution in [2.75, 3.05) is 37.5 Å². The van der Waals surface area contributed by atoms with Crippen molar-refractivity contribution in [3.63, 3.8) is 0 Å². The molecular formula is C22H26N4O5. The van der Waals surface area contributed by atoms with Crippen LogP contribution in [0.25, 0.3) is 0 Å². The van der Waals surface area contributed by atoms with Gasteiger partial charge in [-0.3, -0.25) is 9.59 Å². The summed E-state index contributed by atoms with van der Waals surface area (Å²) in [5.41, 5.74) is 6.19. The van der Waals surface area contributed by atoms with E-state index in [1.54, 1.807) is 31.4 Å². The van der Waals surface area contributed by atoms with Crippen LogP contribution in [0.5, 0.6) is 5.75 Å². The van der Waals surface area contributed by atoms with Crippen LogP contribution in [-0.4, -0.2) is 44.7 Å². The fourth-order valence-corrected chi connectivity index (χ4v) is 3.54. The Hall–Kier alpha value is -3.59. The molecule has 5 N–H and O–H groups in total. The summed E-state index contributed by atoms with van der Waals surface area (Å²) < 4.78 is 10.7. The molecule has 0 spiro atoms. The fraction of sp³-hybridized carbons (Fsp3) is 0.318. The van der Waals surface area contributed by atoms with Crippen LogP contribution in [0.2, 0.25) is 0 Å². The third-order valence-corrected chi connectivity index (χ3v) is 5.23. The molecule has 31 heavy (non-hydrogen) atoms. The monoisotopic (exact) mass is 426 g/mol. The average Bonchev–Trinajstić information content (AvgIpc) is 2.78. The van der Waals surface area contributed by atoms with Crippen molar-refractivity contribution in [1.82, 2.24) is 5.32 Å². The number of hydrogen-bond donors (Lipinski definition) is 4. The number of hydrogen-bond acceptors (Lipinski definition) is 5. The number of benzene rings is 2. The third kappa shape index (κ3) is 5.52. The van der Waals surface area contributed by atoms with E-state index in [0.29, 0.717) is 37.4 Å². The number of anilines is 2. The number of nitrogens with two attached hydrogens (primary N) is 1. The molecular weight excluding hydrogens is 400 g/mol. The van der Waals surface area contributed by atoms with Crippen molar-refractivity contribution in [3.05, 3.63) is 54.1 Å². The van der Waals surface area contributed by atoms with E-state index in [0.717, 1.165) is 11.3 Å². The molecule has 1 aliphatic rings. The second-order valence-corrected chi connectivity index (χ2v) is 7.23. The summed E-state index contributed by atoms with van der Waals surface area (Å²) >= 11 is 0. The van der Waals surface area contributed by atoms with E-state index in [1.807, 2.05) is 24.3 Å². The lowest BCUT2D eigenvalue weighted by atomic mass is 9.73. The molecule has 0 aliphatic carbocycles. The number of carbonyl (C=O) groups is 3. The molecule has 0 saturated carbocycles. The highest BCUT2D eigenvalue weighted by Crippen LogP contribution is 2.37. The van der Waals surface area contributed by atoms with Gasteiger partial charge in [0.05, 0.1) is 19.1 Å². The largest absolute Gasteiger partial charge is 0.497 e. The highest BCUT2D eigenvalue weighted by molar-refractivity contribution is 6.00. The molecule has 9 nitrogen and oxygen atoms in total. The van der Waals surface area contributed by atoms with Gasteiger partial charge in [0.15, 0.2) is 0 Å². The summed E-state index contributed by atoms with van der Waals surface area (Å²) in [5.74, 6) is -0.0625. The van der Waals surface area contributed by atoms with Gasteiger partial charge in [-0.1, -0.05) is 18.2 Å². The van der Waals surface area contributed by atoms with Gasteiger partial charge in [0.25, 0.3) is 0 Å². The Bertz CT molecular complexity index is 939. The number of nitrogens with one attached hydrogen (secondary N) is 3. The van der Waals surface area contributed by atoms with E-state index in [2.05, 4.69) is 16.0 Å². The van der Waals surface area contributed by atoms with Gasteiger partial charge < -0.3 is 31.2 Å². The first-order valence-electron chi connectivity index (χ1n) is 9.90. The van der Waals surface area contributed by atoms with Crippen LogP contribution in [-0.2, 0) is 19.7 Å². The minimum absolute atomic E-state index is 0.142. The van der Waals surface area contributed by atoms with E-state index in [1.165, 1.54) is 0 Å². The van der Waals surface area contributed by atoms with Gasteiger partial charge in [0.1, 0.15) is 5.75 Å². The molecule has 4 amide bonds. The molecule has 1 heterocycles. The normalized spacial score (nSPS) is 14.9. The fourth-order valence-electron chi connectivity index (χ4n) is 3.54. The Morgan fingerprint density at radius 2 is 1.68 bits per heavy atom. The summed E-state index contributed by atoms with van der Waals surface area (Å²) in [4.78, 5) is 36.0. The lowest BCUT2D eigenvalue weighted by Gasteiger charge is -2.36. The maximum atomic E-state index is 13.4. The number of primary amides is 1. The van der Waals surface area contributed by atoms with E-state index in [4.69, 9.17) is 15.2 Å². The molecule has 0 radical (unpaired) electrons. The van der Waals surface area contributed by atoms with Crippen LogP contribution < -0.4 is 26.4 Å². The van der Waals surface area contributed by atoms with Crippen molar-refractivity contribution in [2.24, 2.45) is 5.73 Å². The third-order valence-electron chi connectivity index (χ3n) is 5.23. The van der Waals surface area contributed by atoms with Crippen LogP contribution >= 0.6 is 0 Å². The quantitative estimate of drug-likeness (QED) is 0.538. The Kier molecular flexibility index (Phi) is 7.09. The zero-order chi connectivity index (χ0) is 22.3. The first kappa shape index (κ1) is 22.1. The zero-order valence-corrected chi connectivity index (χ0v) is 17.3. The summed E-state index contributed by atoms with van der Waals surface area (Å²) in [5, 5.41) is 7.92. The molecule has 0 bridgehead atoms. The number of ether oxygens (including phenoxy) is 2. The standard InChI is InChI=1S/C22H26N4O5/c1-30-18-7-5-15(6-8-18)22(9-11-31-12-10-22)20(28)25-16-3-2-4-17(13-16)26-21(29)24-14-19(23)27/h2-8,13H,9-12,14H2,1H3,(H2,23,27)(H,25,28)(H2,24,26,29). The van der Waals surface area contributed by atoms with E-state index in [-0.39, 0.29) is 12.5 Å². The number of rotatable bonds is 7. The molecule has 164 valence electrons. The highest BCUT2D eigenvalue weighted by atomic mass is 16.5. The topological polar surface area (TPSA) is 132 Å². The first-order valence-corrected chi connectivity index (χ1v) is 9.90. The second kappa shape index (κ2) is 9.94. The molecule has 9 heteroatoms. The summed E-state index contributed by atoms with van der Waals surface area (Å²) in [6.45, 7) is 0.705. The Labute approximate surface area is 180 Å². The molecule has 1 aliphatic heterocycles. The molecule has 2 aromatic rings. The zero-order valence-electron chi connectivity index (χ0n) is 17.3. The van der Waals surface area contributed by atoms with Gasteiger partial charge in [-0.2, -0.15) is 0 Å². The van der Waals surface area contributed by atoms with Crippen molar-refractivity contribution in [2.45, 2.75) is 18.3 Å². The summed E-state index contributed by atoms with van der Waals surface area (Å²) in [7, 11) is 1.60. The minimum Gasteiger partial charge on any atom is -0.497 e. The predicted octanol–water partition coefficient (Wildman–Crippen LogP) is 1.99. The maximum absolute atomic E-state index is 13.4. The average molecular weight is 426 g/mol. The number of methoxy groups -OCH3 is 1. The van der Waals surface area contributed by atoms with E-state index >= 15 is 0 Å². The van der Waals surface area contributed by atoms with E-state index in [9.17, 15) is 14.4 Å². The van der Waals surface area contributed by atoms with Gasteiger partial charge in [-0.05, 0) is 48.7 Å². The molecule has 2 aromatic carbocycles. The van der Waals surface area contributed by atoms with Gasteiger partial charge in [0.2, 0.25) is 11.8 Å². The van der Waals surface area contributed by atoms with Crippen LogP contribution in [0.15, 0.2) is 48.5 Å². The van der Waals surface area contributed by atoms with Crippen LogP contribution in [0.1, 0.15) is 18.4 Å². The summed E-state index contributed by atoms with van der Waals surface area (Å²) in [6, 6.07) is 13.7. The van der Waals surface area contributed by atoms with Gasteiger partial charge in [0, 0.05) is 24.6 Å². The van der Waals surface area contributed by atoms with Gasteiger partial charge in [-0.25, -0.2) is 4.79 Å². The van der Waals surface area contributed by atoms with Crippen molar-refractivity contribution < 1.29 is 23.9 Å². The molecule has 0 aromatic heterocycles. The molecule has 0 unspecified atom stereocenters. The van der Waals surface area contributed by atoms with E-state index < -0.39 is 17.4 Å². The molecule has 3 rings (SSSR count). The maximum Gasteiger partial charge on any atom is 0.319 e. The van der Waals surface area contributed by atoms with Gasteiger partial charge >= 0.3 is 6.03 Å². The molecule has 1 fully saturated rings. The van der Waals surface area contributed by atoms with Crippen molar-refractivity contribution >= 4 is 29.2 Å². The van der Waals surface area contributed by atoms with Crippen molar-refractivity contribution in [1.29, 1.82) is 0 Å². The Morgan fingerprint density at radius 1 is 1.03 bits per heavy atom. The lowest BCUT2D eigenvalue weighted by molar-refractivity contribution is -0.125. The van der Waals surface area contributed by atoms with Crippen molar-refractivity contribution in [3.8, 4) is 5.75 Å². The van der Waals surface area contributed by atoms with Crippen LogP contribution in [0.3, 0.4) is 0 Å². The Balaban J connectivity index is 1.76. The predicted molar refractivity (Wildman–Crippen MR) is 116 cm³/mol. The summed E-state index contributed by atoms with van der Waals surface area (Å²) in [6.07, 6.45) is 1.11. The van der Waals surface area contributed by atoms with Crippen LogP contribution in [0.4, 0.5) is 16.2 Å². The second-order valence-electron chi connectivity index (χ2n) is 7.23. The number of carbonyl (C=O) groups excluding carboxylic acids is 3. The molecule has 0 atom stereocenters. The Morgan fingerprint density at radius 3 is 2.29 bits per heavy atom. The molecule has 1 saturated heterocycles. The lowest BCUT2D eigenvalue weighted by Crippen LogP contribution is -2.44. The SMILES string of the molecule is COc1ccc(C2(C(=O)Nc3cccc(NC(=O)NCC(N)=O)c3)CCOCC2)cc1. The smallest absolute Gasteiger partial charge is 0.319 e. The number of amides is 4. The number of urea groups is 1. The van der Waals surface area contributed by atoms with Crippen LogP contribution in [0, 0.1) is 0 Å². The first-order chi connectivity index (χ1) is 14.9. The van der Waals surface area contributed by atoms with Gasteiger partial charge in [-0.15, -0.1) is 0 Å². The highest BCUT2D eigenvalue weighted by Gasteiger charge is 2.41. The minimum atomic E-state index is -0.729.